The van der Waals surface area contributed by atoms with E-state index in [0.29, 0.717) is 43.1 Å². The second-order valence-corrected chi connectivity index (χ2v) is 3.66. The van der Waals surface area contributed by atoms with Crippen molar-refractivity contribution in [1.29, 1.82) is 0 Å². The number of hydrazine groups is 1. The van der Waals surface area contributed by atoms with Crippen molar-refractivity contribution < 1.29 is 13.9 Å². The lowest BCUT2D eigenvalue weighted by molar-refractivity contribution is 0.127. The number of ether oxygens (including phenoxy) is 2. The van der Waals surface area contributed by atoms with Gasteiger partial charge in [-0.1, -0.05) is 0 Å². The van der Waals surface area contributed by atoms with E-state index in [1.165, 1.54) is 0 Å². The number of nitrogen functional groups attached to an aromatic ring is 1. The Labute approximate surface area is 110 Å². The summed E-state index contributed by atoms with van der Waals surface area (Å²) in [7, 11) is 0. The lowest BCUT2D eigenvalue weighted by Gasteiger charge is -2.08. The second-order valence-electron chi connectivity index (χ2n) is 3.66. The maximum absolute atomic E-state index is 5.52. The Hall–Kier alpha value is -2.12. The van der Waals surface area contributed by atoms with Crippen molar-refractivity contribution in [2.45, 2.75) is 20.1 Å². The smallest absolute Gasteiger partial charge is 0.219 e. The zero-order valence-electron chi connectivity index (χ0n) is 10.6. The minimum Gasteiger partial charge on any atom is -0.469 e. The van der Waals surface area contributed by atoms with Crippen molar-refractivity contribution in [3.8, 4) is 5.88 Å². The number of nitrogens with two attached hydrogens (primary N) is 1. The summed E-state index contributed by atoms with van der Waals surface area (Å²) < 4.78 is 15.9. The summed E-state index contributed by atoms with van der Waals surface area (Å²) in [4.78, 5) is 8.38. The highest BCUT2D eigenvalue weighted by Crippen LogP contribution is 2.15. The van der Waals surface area contributed by atoms with Gasteiger partial charge in [0.15, 0.2) is 5.82 Å². The molecule has 0 atom stereocenters. The second kappa shape index (κ2) is 6.72. The minimum atomic E-state index is 0.294. The summed E-state index contributed by atoms with van der Waals surface area (Å²) in [6, 6.07) is 5.23. The molecular formula is C12H16N4O3. The molecule has 3 N–H and O–H groups in total. The zero-order chi connectivity index (χ0) is 13.5. The third-order valence-corrected chi connectivity index (χ3v) is 2.27. The monoisotopic (exact) mass is 264 g/mol. The van der Waals surface area contributed by atoms with Gasteiger partial charge in [-0.3, -0.25) is 0 Å². The lowest BCUT2D eigenvalue weighted by atomic mass is 10.5. The van der Waals surface area contributed by atoms with E-state index in [1.807, 2.05) is 13.0 Å². The number of anilines is 1. The van der Waals surface area contributed by atoms with E-state index in [9.17, 15) is 0 Å². The third-order valence-electron chi connectivity index (χ3n) is 2.27. The van der Waals surface area contributed by atoms with Gasteiger partial charge in [0.05, 0.1) is 6.26 Å². The molecule has 0 saturated heterocycles. The predicted molar refractivity (Wildman–Crippen MR) is 68.2 cm³/mol. The first-order chi connectivity index (χ1) is 9.31. The van der Waals surface area contributed by atoms with Crippen LogP contribution in [0.15, 0.2) is 28.9 Å². The molecule has 0 fully saturated rings. The van der Waals surface area contributed by atoms with Gasteiger partial charge in [-0.05, 0) is 19.1 Å². The van der Waals surface area contributed by atoms with Crippen LogP contribution in [-0.4, -0.2) is 16.6 Å². The molecule has 0 bridgehead atoms. The largest absolute Gasteiger partial charge is 0.469 e. The normalized spacial score (nSPS) is 10.4. The molecule has 0 aromatic carbocycles. The highest BCUT2D eigenvalue weighted by molar-refractivity contribution is 5.36. The van der Waals surface area contributed by atoms with E-state index >= 15 is 0 Å². The van der Waals surface area contributed by atoms with Crippen molar-refractivity contribution in [2.75, 3.05) is 12.0 Å². The molecule has 0 amide bonds. The fourth-order valence-electron chi connectivity index (χ4n) is 1.42. The molecule has 0 saturated carbocycles. The molecule has 2 aromatic rings. The molecule has 0 aliphatic carbocycles. The van der Waals surface area contributed by atoms with Gasteiger partial charge in [-0.2, -0.15) is 4.98 Å². The minimum absolute atomic E-state index is 0.294. The molecule has 19 heavy (non-hydrogen) atoms. The number of nitrogens with zero attached hydrogens (tertiary/aromatic N) is 2. The third kappa shape index (κ3) is 3.94. The van der Waals surface area contributed by atoms with Crippen LogP contribution in [0.3, 0.4) is 0 Å². The molecule has 7 nitrogen and oxygen atoms in total. The van der Waals surface area contributed by atoms with Gasteiger partial charge >= 0.3 is 0 Å². The summed E-state index contributed by atoms with van der Waals surface area (Å²) in [5.74, 6) is 7.46. The summed E-state index contributed by atoms with van der Waals surface area (Å²) in [6.07, 6.45) is 1.59. The number of rotatable bonds is 7. The molecule has 7 heteroatoms. The SMILES string of the molecule is CCOCc1nc(NN)cc(OCc2ccco2)n1. The Morgan fingerprint density at radius 3 is 2.95 bits per heavy atom. The van der Waals surface area contributed by atoms with Crippen molar-refractivity contribution in [3.63, 3.8) is 0 Å². The number of nitrogens with one attached hydrogen (secondary N) is 1. The van der Waals surface area contributed by atoms with Crippen molar-refractivity contribution >= 4 is 5.82 Å². The molecule has 0 spiro atoms. The maximum atomic E-state index is 5.52. The molecule has 102 valence electrons. The summed E-state index contributed by atoms with van der Waals surface area (Å²) in [5, 5.41) is 0. The standard InChI is InChI=1S/C12H16N4O3/c1-2-17-8-11-14-10(16-13)6-12(15-11)19-7-9-4-3-5-18-9/h3-6H,2,7-8,13H2,1H3,(H,14,15,16). The maximum Gasteiger partial charge on any atom is 0.219 e. The molecule has 2 rings (SSSR count). The first-order valence-corrected chi connectivity index (χ1v) is 5.89. The molecule has 0 radical (unpaired) electrons. The van der Waals surface area contributed by atoms with Gasteiger partial charge in [0.25, 0.3) is 0 Å². The zero-order valence-corrected chi connectivity index (χ0v) is 10.6. The Morgan fingerprint density at radius 1 is 1.37 bits per heavy atom. The quantitative estimate of drug-likeness (QED) is 0.577. The number of hydrogen-bond donors (Lipinski definition) is 2. The van der Waals surface area contributed by atoms with Crippen LogP contribution < -0.4 is 16.0 Å². The van der Waals surface area contributed by atoms with Crippen LogP contribution in [0.4, 0.5) is 5.82 Å². The molecule has 0 aliphatic heterocycles. The van der Waals surface area contributed by atoms with E-state index in [4.69, 9.17) is 19.7 Å². The fourth-order valence-corrected chi connectivity index (χ4v) is 1.42. The van der Waals surface area contributed by atoms with E-state index < -0.39 is 0 Å². The van der Waals surface area contributed by atoms with Crippen LogP contribution in [0.2, 0.25) is 0 Å². The van der Waals surface area contributed by atoms with E-state index in [1.54, 1.807) is 18.4 Å². The van der Waals surface area contributed by atoms with Gasteiger partial charge in [0, 0.05) is 12.7 Å². The number of hydrogen-bond acceptors (Lipinski definition) is 7. The summed E-state index contributed by atoms with van der Waals surface area (Å²) in [6.45, 7) is 3.09. The van der Waals surface area contributed by atoms with Crippen molar-refractivity contribution in [2.24, 2.45) is 5.84 Å². The Kier molecular flexibility index (Phi) is 4.71. The van der Waals surface area contributed by atoms with Gasteiger partial charge < -0.3 is 19.3 Å². The first-order valence-electron chi connectivity index (χ1n) is 5.89. The highest BCUT2D eigenvalue weighted by atomic mass is 16.5. The van der Waals surface area contributed by atoms with Gasteiger partial charge in [0.2, 0.25) is 5.88 Å². The van der Waals surface area contributed by atoms with Crippen LogP contribution in [0, 0.1) is 0 Å². The van der Waals surface area contributed by atoms with E-state index in [0.717, 1.165) is 0 Å². The lowest BCUT2D eigenvalue weighted by Crippen LogP contribution is -2.12. The molecule has 2 aromatic heterocycles. The van der Waals surface area contributed by atoms with Gasteiger partial charge in [-0.25, -0.2) is 10.8 Å². The topological polar surface area (TPSA) is 95.4 Å². The van der Waals surface area contributed by atoms with Crippen molar-refractivity contribution in [1.82, 2.24) is 9.97 Å². The van der Waals surface area contributed by atoms with E-state index in [2.05, 4.69) is 15.4 Å². The predicted octanol–water partition coefficient (Wildman–Crippen LogP) is 1.47. The fraction of sp³-hybridized carbons (Fsp3) is 0.333. The Balaban J connectivity index is 2.05. The average molecular weight is 264 g/mol. The van der Waals surface area contributed by atoms with Crippen LogP contribution in [-0.2, 0) is 18.0 Å². The molecule has 0 aliphatic rings. The number of furan rings is 1. The van der Waals surface area contributed by atoms with Crippen LogP contribution in [0.25, 0.3) is 0 Å². The number of aromatic nitrogens is 2. The summed E-state index contributed by atoms with van der Waals surface area (Å²) >= 11 is 0. The van der Waals surface area contributed by atoms with E-state index in [-0.39, 0.29) is 0 Å². The molecule has 0 unspecified atom stereocenters. The van der Waals surface area contributed by atoms with Gasteiger partial charge in [-0.15, -0.1) is 0 Å². The highest BCUT2D eigenvalue weighted by Gasteiger charge is 2.06. The Morgan fingerprint density at radius 2 is 2.26 bits per heavy atom. The Bertz CT molecular complexity index is 502. The van der Waals surface area contributed by atoms with Crippen LogP contribution in [0.5, 0.6) is 5.88 Å². The average Bonchev–Trinajstić information content (AvgIpc) is 2.96. The van der Waals surface area contributed by atoms with Gasteiger partial charge in [0.1, 0.15) is 24.8 Å². The van der Waals surface area contributed by atoms with Crippen LogP contribution in [0.1, 0.15) is 18.5 Å². The van der Waals surface area contributed by atoms with Crippen molar-refractivity contribution in [3.05, 3.63) is 36.0 Å². The molecular weight excluding hydrogens is 248 g/mol. The summed E-state index contributed by atoms with van der Waals surface area (Å²) in [5.41, 5.74) is 2.47. The van der Waals surface area contributed by atoms with Crippen LogP contribution >= 0.6 is 0 Å². The first kappa shape index (κ1) is 13.3. The molecule has 2 heterocycles.